The maximum absolute atomic E-state index is 13.3. The van der Waals surface area contributed by atoms with Gasteiger partial charge in [0, 0.05) is 17.0 Å². The molecule has 0 amide bonds. The van der Waals surface area contributed by atoms with E-state index in [1.807, 2.05) is 43.3 Å². The van der Waals surface area contributed by atoms with E-state index in [0.29, 0.717) is 11.9 Å². The Morgan fingerprint density at radius 2 is 1.86 bits per heavy atom. The monoisotopic (exact) mass is 388 g/mol. The van der Waals surface area contributed by atoms with Crippen molar-refractivity contribution in [2.45, 2.75) is 19.9 Å². The third kappa shape index (κ3) is 2.70. The molecule has 0 saturated heterocycles. The third-order valence-corrected chi connectivity index (χ3v) is 6.15. The summed E-state index contributed by atoms with van der Waals surface area (Å²) >= 11 is 1.56. The fourth-order valence-electron chi connectivity index (χ4n) is 3.84. The molecule has 2 aromatic heterocycles. The zero-order valence-corrected chi connectivity index (χ0v) is 16.1. The Balaban J connectivity index is 1.70. The van der Waals surface area contributed by atoms with Crippen LogP contribution in [0.3, 0.4) is 0 Å². The Hall–Kier alpha value is -3.05. The molecule has 5 rings (SSSR count). The first-order chi connectivity index (χ1) is 13.6. The van der Waals surface area contributed by atoms with Gasteiger partial charge in [-0.1, -0.05) is 42.5 Å². The summed E-state index contributed by atoms with van der Waals surface area (Å²) in [5.74, 6) is 0.468. The molecule has 0 atom stereocenters. The van der Waals surface area contributed by atoms with Gasteiger partial charge in [0.05, 0.1) is 5.39 Å². The van der Waals surface area contributed by atoms with Gasteiger partial charge in [-0.25, -0.2) is 9.37 Å². The molecule has 0 fully saturated rings. The van der Waals surface area contributed by atoms with E-state index in [4.69, 9.17) is 4.98 Å². The second kappa shape index (κ2) is 6.53. The maximum Gasteiger partial charge on any atom is 0.263 e. The second-order valence-electron chi connectivity index (χ2n) is 6.94. The van der Waals surface area contributed by atoms with E-state index in [9.17, 15) is 9.18 Å². The maximum atomic E-state index is 13.3. The van der Waals surface area contributed by atoms with E-state index < -0.39 is 0 Å². The zero-order chi connectivity index (χ0) is 19.3. The minimum absolute atomic E-state index is 0.0192. The number of fused-ring (bicyclic) bond motifs is 2. The van der Waals surface area contributed by atoms with Crippen molar-refractivity contribution in [3.05, 3.63) is 87.0 Å². The van der Waals surface area contributed by atoms with Crippen LogP contribution < -0.4 is 5.56 Å². The first-order valence-electron chi connectivity index (χ1n) is 9.17. The molecule has 2 aromatic carbocycles. The van der Waals surface area contributed by atoms with Crippen LogP contribution in [0.4, 0.5) is 4.39 Å². The number of aryl methyl sites for hydroxylation is 1. The molecule has 0 unspecified atom stereocenters. The molecule has 0 radical (unpaired) electrons. The van der Waals surface area contributed by atoms with Crippen molar-refractivity contribution in [1.82, 2.24) is 9.55 Å². The minimum Gasteiger partial charge on any atom is -0.292 e. The van der Waals surface area contributed by atoms with Crippen LogP contribution in [0.5, 0.6) is 0 Å². The standard InChI is InChI=1S/C23H17FN2OS/c1-14-19(16-5-3-2-4-6-16)20-22(28-14)25-21-17(11-12-26(21)23(20)27)13-15-7-9-18(24)10-8-15/h2-10,13H,11-12H2,1H3/b17-13-. The Morgan fingerprint density at radius 3 is 2.61 bits per heavy atom. The predicted octanol–water partition coefficient (Wildman–Crippen LogP) is 5.52. The molecule has 1 aliphatic heterocycles. The quantitative estimate of drug-likeness (QED) is 0.453. The van der Waals surface area contributed by atoms with Gasteiger partial charge in [-0.2, -0.15) is 0 Å². The van der Waals surface area contributed by atoms with E-state index in [2.05, 4.69) is 0 Å². The molecule has 5 heteroatoms. The average molecular weight is 388 g/mol. The van der Waals surface area contributed by atoms with Crippen molar-refractivity contribution in [1.29, 1.82) is 0 Å². The number of thiophene rings is 1. The number of aromatic nitrogens is 2. The Kier molecular flexibility index (Phi) is 3.98. The van der Waals surface area contributed by atoms with Gasteiger partial charge in [-0.3, -0.25) is 9.36 Å². The number of benzene rings is 2. The van der Waals surface area contributed by atoms with Crippen molar-refractivity contribution in [2.24, 2.45) is 0 Å². The van der Waals surface area contributed by atoms with Crippen molar-refractivity contribution in [3.63, 3.8) is 0 Å². The lowest BCUT2D eigenvalue weighted by atomic mass is 10.0. The summed E-state index contributed by atoms with van der Waals surface area (Å²) in [6.45, 7) is 2.66. The molecule has 138 valence electrons. The SMILES string of the molecule is Cc1sc2nc3n(c(=O)c2c1-c1ccccc1)CC/C3=C/c1ccc(F)cc1. The van der Waals surface area contributed by atoms with Crippen LogP contribution in [-0.4, -0.2) is 9.55 Å². The van der Waals surface area contributed by atoms with Crippen LogP contribution in [0, 0.1) is 12.7 Å². The molecule has 28 heavy (non-hydrogen) atoms. The summed E-state index contributed by atoms with van der Waals surface area (Å²) < 4.78 is 14.9. The molecule has 0 bridgehead atoms. The molecule has 3 heterocycles. The lowest BCUT2D eigenvalue weighted by Gasteiger charge is -2.05. The van der Waals surface area contributed by atoms with Crippen LogP contribution in [-0.2, 0) is 6.54 Å². The first kappa shape index (κ1) is 17.1. The molecule has 1 aliphatic rings. The molecule has 3 nitrogen and oxygen atoms in total. The van der Waals surface area contributed by atoms with Gasteiger partial charge in [-0.15, -0.1) is 11.3 Å². The number of hydrogen-bond donors (Lipinski definition) is 0. The smallest absolute Gasteiger partial charge is 0.263 e. The summed E-state index contributed by atoms with van der Waals surface area (Å²) in [6.07, 6.45) is 2.74. The molecular formula is C23H17FN2OS. The first-order valence-corrected chi connectivity index (χ1v) is 9.99. The summed E-state index contributed by atoms with van der Waals surface area (Å²) in [5.41, 5.74) is 3.98. The van der Waals surface area contributed by atoms with Crippen LogP contribution in [0.15, 0.2) is 59.4 Å². The normalized spacial score (nSPS) is 14.7. The van der Waals surface area contributed by atoms with Crippen molar-refractivity contribution < 1.29 is 4.39 Å². The van der Waals surface area contributed by atoms with Gasteiger partial charge < -0.3 is 0 Å². The molecule has 0 saturated carbocycles. The van der Waals surface area contributed by atoms with Crippen LogP contribution in [0.1, 0.15) is 22.7 Å². The van der Waals surface area contributed by atoms with Gasteiger partial charge in [0.2, 0.25) is 0 Å². The summed E-state index contributed by atoms with van der Waals surface area (Å²) in [7, 11) is 0. The fourth-order valence-corrected chi connectivity index (χ4v) is 4.88. The Labute approximate surface area is 165 Å². The minimum atomic E-state index is -0.257. The lowest BCUT2D eigenvalue weighted by Crippen LogP contribution is -2.20. The van der Waals surface area contributed by atoms with E-state index in [0.717, 1.165) is 44.2 Å². The van der Waals surface area contributed by atoms with E-state index in [-0.39, 0.29) is 11.4 Å². The van der Waals surface area contributed by atoms with Gasteiger partial charge in [0.1, 0.15) is 16.5 Å². The van der Waals surface area contributed by atoms with Gasteiger partial charge in [0.25, 0.3) is 5.56 Å². The molecule has 4 aromatic rings. The number of hydrogen-bond acceptors (Lipinski definition) is 3. The average Bonchev–Trinajstić information content (AvgIpc) is 3.25. The summed E-state index contributed by atoms with van der Waals surface area (Å²) in [6, 6.07) is 16.4. The zero-order valence-electron chi connectivity index (χ0n) is 15.3. The number of nitrogens with zero attached hydrogens (tertiary/aromatic N) is 2. The van der Waals surface area contributed by atoms with Crippen molar-refractivity contribution in [2.75, 3.05) is 0 Å². The second-order valence-corrected chi connectivity index (χ2v) is 8.15. The number of halogens is 1. The predicted molar refractivity (Wildman–Crippen MR) is 113 cm³/mol. The topological polar surface area (TPSA) is 34.9 Å². The number of allylic oxidation sites excluding steroid dienone is 1. The van der Waals surface area contributed by atoms with Crippen molar-refractivity contribution in [3.8, 4) is 11.1 Å². The highest BCUT2D eigenvalue weighted by Gasteiger charge is 2.24. The molecular weight excluding hydrogens is 371 g/mol. The highest BCUT2D eigenvalue weighted by atomic mass is 32.1. The third-order valence-electron chi connectivity index (χ3n) is 5.15. The van der Waals surface area contributed by atoms with Gasteiger partial charge in [-0.05, 0) is 48.3 Å². The van der Waals surface area contributed by atoms with E-state index in [1.165, 1.54) is 12.1 Å². The Morgan fingerprint density at radius 1 is 1.11 bits per heavy atom. The van der Waals surface area contributed by atoms with Gasteiger partial charge >= 0.3 is 0 Å². The summed E-state index contributed by atoms with van der Waals surface area (Å²) in [5, 5.41) is 0.709. The number of rotatable bonds is 2. The molecule has 0 N–H and O–H groups in total. The van der Waals surface area contributed by atoms with E-state index >= 15 is 0 Å². The van der Waals surface area contributed by atoms with Crippen LogP contribution in [0.25, 0.3) is 33.0 Å². The molecule has 0 spiro atoms. The molecule has 0 aliphatic carbocycles. The summed E-state index contributed by atoms with van der Waals surface area (Å²) in [4.78, 5) is 20.1. The van der Waals surface area contributed by atoms with Gasteiger partial charge in [0.15, 0.2) is 0 Å². The fraction of sp³-hybridized carbons (Fsp3) is 0.130. The highest BCUT2D eigenvalue weighted by Crippen LogP contribution is 2.37. The largest absolute Gasteiger partial charge is 0.292 e. The Bertz CT molecular complexity index is 1280. The lowest BCUT2D eigenvalue weighted by molar-refractivity contribution is 0.628. The van der Waals surface area contributed by atoms with Crippen molar-refractivity contribution >= 4 is 33.2 Å². The van der Waals surface area contributed by atoms with Crippen LogP contribution in [0.2, 0.25) is 0 Å². The van der Waals surface area contributed by atoms with Crippen LogP contribution >= 0.6 is 11.3 Å². The highest BCUT2D eigenvalue weighted by molar-refractivity contribution is 7.19. The van der Waals surface area contributed by atoms with E-state index in [1.54, 1.807) is 28.0 Å².